The summed E-state index contributed by atoms with van der Waals surface area (Å²) in [6.45, 7) is 6.96. The van der Waals surface area contributed by atoms with Crippen molar-refractivity contribution in [3.05, 3.63) is 67.8 Å². The van der Waals surface area contributed by atoms with Gasteiger partial charge >= 0.3 is 0 Å². The number of carbonyl (C=O) groups is 1. The number of rotatable bonds is 6. The molecule has 1 unspecified atom stereocenters. The van der Waals surface area contributed by atoms with Gasteiger partial charge in [0.25, 0.3) is 11.5 Å². The fraction of sp³-hybridized carbons (Fsp3) is 0.429. The fourth-order valence-corrected chi connectivity index (χ4v) is 6.59. The van der Waals surface area contributed by atoms with Crippen LogP contribution in [0, 0.1) is 18.3 Å². The molecule has 198 valence electrons. The van der Waals surface area contributed by atoms with E-state index in [2.05, 4.69) is 40.1 Å². The van der Waals surface area contributed by atoms with Crippen molar-refractivity contribution in [2.75, 3.05) is 44.2 Å². The number of pyridine rings is 1. The van der Waals surface area contributed by atoms with Gasteiger partial charge in [-0.05, 0) is 37.0 Å². The smallest absolute Gasteiger partial charge is 0.270 e. The second-order valence-corrected chi connectivity index (χ2v) is 11.6. The number of aromatic nitrogens is 1. The first kappa shape index (κ1) is 26.6. The van der Waals surface area contributed by atoms with Crippen LogP contribution in [0.1, 0.15) is 35.1 Å². The molecule has 3 fully saturated rings. The third-order valence-corrected chi connectivity index (χ3v) is 8.83. The number of nitrogens with zero attached hydrogens (tertiary/aromatic N) is 5. The highest BCUT2D eigenvalue weighted by Crippen LogP contribution is 2.36. The van der Waals surface area contributed by atoms with Gasteiger partial charge in [-0.3, -0.25) is 24.0 Å². The summed E-state index contributed by atoms with van der Waals surface area (Å²) in [5, 5.41) is 9.76. The second-order valence-electron chi connectivity index (χ2n) is 9.89. The molecule has 38 heavy (non-hydrogen) atoms. The van der Waals surface area contributed by atoms with E-state index in [-0.39, 0.29) is 23.1 Å². The molecule has 2 aromatic rings. The summed E-state index contributed by atoms with van der Waals surface area (Å²) in [6.07, 6.45) is 3.73. The Bertz CT molecular complexity index is 1370. The average molecular weight is 550 g/mol. The molecule has 0 aliphatic carbocycles. The molecular weight excluding hydrogens is 518 g/mol. The Morgan fingerprint density at radius 1 is 1.18 bits per heavy atom. The molecule has 1 aromatic heterocycles. The van der Waals surface area contributed by atoms with Crippen molar-refractivity contribution in [3.8, 4) is 6.07 Å². The van der Waals surface area contributed by atoms with Crippen molar-refractivity contribution in [2.45, 2.75) is 32.4 Å². The number of ether oxygens (including phenoxy) is 1. The molecule has 5 rings (SSSR count). The van der Waals surface area contributed by atoms with Crippen LogP contribution in [-0.2, 0) is 23.1 Å². The minimum absolute atomic E-state index is 0.00377. The number of piperazine rings is 1. The molecule has 3 aliphatic rings. The fourth-order valence-electron chi connectivity index (χ4n) is 5.33. The van der Waals surface area contributed by atoms with E-state index < -0.39 is 0 Å². The number of hydrogen-bond acceptors (Lipinski definition) is 8. The normalized spacial score (nSPS) is 21.5. The Morgan fingerprint density at radius 2 is 1.92 bits per heavy atom. The van der Waals surface area contributed by atoms with Gasteiger partial charge in [0.2, 0.25) is 0 Å². The third-order valence-electron chi connectivity index (χ3n) is 7.45. The van der Waals surface area contributed by atoms with Crippen molar-refractivity contribution < 1.29 is 9.53 Å². The Balaban J connectivity index is 1.44. The van der Waals surface area contributed by atoms with Gasteiger partial charge in [0.15, 0.2) is 0 Å². The predicted molar refractivity (Wildman–Crippen MR) is 154 cm³/mol. The topological polar surface area (TPSA) is 81.8 Å². The number of nitriles is 1. The molecule has 10 heteroatoms. The first-order chi connectivity index (χ1) is 18.4. The lowest BCUT2D eigenvalue weighted by molar-refractivity contribution is -0.123. The minimum atomic E-state index is -0.324. The third kappa shape index (κ3) is 5.29. The second kappa shape index (κ2) is 11.4. The molecule has 3 aliphatic heterocycles. The lowest BCUT2D eigenvalue weighted by Gasteiger charge is -2.37. The van der Waals surface area contributed by atoms with Crippen LogP contribution in [0.2, 0.25) is 0 Å². The van der Waals surface area contributed by atoms with Gasteiger partial charge in [0.05, 0.1) is 17.6 Å². The van der Waals surface area contributed by atoms with Gasteiger partial charge in [-0.1, -0.05) is 54.3 Å². The SMILES string of the molecule is Cc1c(/C=C2\SC(=S)N(CC3CCCO3)C2=O)c(N2CCN(Cc3ccccc3)CC2)n(C)c(=O)c1C#N. The van der Waals surface area contributed by atoms with E-state index in [1.54, 1.807) is 23.4 Å². The summed E-state index contributed by atoms with van der Waals surface area (Å²) in [6, 6.07) is 12.5. The van der Waals surface area contributed by atoms with Crippen molar-refractivity contribution in [1.82, 2.24) is 14.4 Å². The molecule has 0 saturated carbocycles. The maximum Gasteiger partial charge on any atom is 0.270 e. The average Bonchev–Trinajstić information content (AvgIpc) is 3.53. The van der Waals surface area contributed by atoms with Crippen LogP contribution in [0.3, 0.4) is 0 Å². The summed E-state index contributed by atoms with van der Waals surface area (Å²) in [4.78, 5) is 33.2. The number of thiocarbonyl (C=S) groups is 1. The summed E-state index contributed by atoms with van der Waals surface area (Å²) in [5.41, 5.74) is 2.35. The zero-order valence-corrected chi connectivity index (χ0v) is 23.3. The highest BCUT2D eigenvalue weighted by atomic mass is 32.2. The van der Waals surface area contributed by atoms with E-state index in [1.807, 2.05) is 12.1 Å². The maximum absolute atomic E-state index is 13.4. The van der Waals surface area contributed by atoms with Crippen LogP contribution in [0.25, 0.3) is 6.08 Å². The predicted octanol–water partition coefficient (Wildman–Crippen LogP) is 3.27. The Hall–Kier alpha value is -2.97. The summed E-state index contributed by atoms with van der Waals surface area (Å²) in [7, 11) is 1.70. The zero-order valence-electron chi connectivity index (χ0n) is 21.7. The highest BCUT2D eigenvalue weighted by molar-refractivity contribution is 8.26. The minimum Gasteiger partial charge on any atom is -0.376 e. The number of anilines is 1. The molecule has 0 bridgehead atoms. The maximum atomic E-state index is 13.4. The number of carbonyl (C=O) groups excluding carboxylic acids is 1. The zero-order chi connectivity index (χ0) is 26.8. The van der Waals surface area contributed by atoms with E-state index in [4.69, 9.17) is 17.0 Å². The number of thioether (sulfide) groups is 1. The van der Waals surface area contributed by atoms with Gasteiger partial charge < -0.3 is 9.64 Å². The Morgan fingerprint density at radius 3 is 2.58 bits per heavy atom. The van der Waals surface area contributed by atoms with Crippen LogP contribution in [0.4, 0.5) is 5.82 Å². The molecule has 0 radical (unpaired) electrons. The van der Waals surface area contributed by atoms with E-state index >= 15 is 0 Å². The molecule has 0 N–H and O–H groups in total. The van der Waals surface area contributed by atoms with Crippen molar-refractivity contribution >= 4 is 46.1 Å². The number of hydrogen-bond donors (Lipinski definition) is 0. The largest absolute Gasteiger partial charge is 0.376 e. The number of benzene rings is 1. The van der Waals surface area contributed by atoms with E-state index in [0.717, 1.165) is 56.9 Å². The molecule has 0 spiro atoms. The van der Waals surface area contributed by atoms with Gasteiger partial charge in [-0.2, -0.15) is 5.26 Å². The standard InChI is InChI=1S/C28H31N5O3S2/c1-19-22(15-24-27(35)33(28(37)38-24)18-21-9-6-14-36-21)25(30(2)26(34)23(19)16-29)32-12-10-31(11-13-32)17-20-7-4-3-5-8-20/h3-5,7-8,15,21H,6,9-14,17-18H2,1-2H3/b24-15-. The van der Waals surface area contributed by atoms with Gasteiger partial charge in [-0.15, -0.1) is 0 Å². The molecule has 8 nitrogen and oxygen atoms in total. The van der Waals surface area contributed by atoms with Crippen LogP contribution < -0.4 is 10.5 Å². The lowest BCUT2D eigenvalue weighted by atomic mass is 10.0. The van der Waals surface area contributed by atoms with Crippen molar-refractivity contribution in [2.24, 2.45) is 7.05 Å². The van der Waals surface area contributed by atoms with Gasteiger partial charge in [-0.25, -0.2) is 0 Å². The van der Waals surface area contributed by atoms with Gasteiger partial charge in [0, 0.05) is 51.9 Å². The van der Waals surface area contributed by atoms with E-state index in [1.165, 1.54) is 17.3 Å². The first-order valence-corrected chi connectivity index (χ1v) is 14.1. The lowest BCUT2D eigenvalue weighted by Crippen LogP contribution is -2.48. The highest BCUT2D eigenvalue weighted by Gasteiger charge is 2.35. The summed E-state index contributed by atoms with van der Waals surface area (Å²) < 4.78 is 7.78. The molecule has 1 atom stereocenters. The van der Waals surface area contributed by atoms with Crippen LogP contribution >= 0.6 is 24.0 Å². The number of amides is 1. The summed E-state index contributed by atoms with van der Waals surface area (Å²) >= 11 is 6.81. The molecular formula is C28H31N5O3S2. The monoisotopic (exact) mass is 549 g/mol. The van der Waals surface area contributed by atoms with E-state index in [0.29, 0.717) is 27.9 Å². The summed E-state index contributed by atoms with van der Waals surface area (Å²) in [5.74, 6) is 0.580. The molecule has 1 amide bonds. The molecule has 1 aromatic carbocycles. The van der Waals surface area contributed by atoms with Gasteiger partial charge in [0.1, 0.15) is 21.8 Å². The Kier molecular flexibility index (Phi) is 8.00. The first-order valence-electron chi connectivity index (χ1n) is 12.9. The molecule has 3 saturated heterocycles. The molecule has 4 heterocycles. The van der Waals surface area contributed by atoms with Crippen molar-refractivity contribution in [3.63, 3.8) is 0 Å². The Labute approximate surface area is 232 Å². The quantitative estimate of drug-likeness (QED) is 0.401. The van der Waals surface area contributed by atoms with Crippen LogP contribution in [-0.4, -0.2) is 70.0 Å². The van der Waals surface area contributed by atoms with E-state index in [9.17, 15) is 14.9 Å². The van der Waals surface area contributed by atoms with Crippen LogP contribution in [0.5, 0.6) is 0 Å². The van der Waals surface area contributed by atoms with Crippen LogP contribution in [0.15, 0.2) is 40.0 Å². The van der Waals surface area contributed by atoms with Crippen molar-refractivity contribution in [1.29, 1.82) is 5.26 Å².